The number of alkyl halides is 1. The summed E-state index contributed by atoms with van der Waals surface area (Å²) in [7, 11) is 0. The Hall–Kier alpha value is -0.790. The molecule has 0 aliphatic heterocycles. The Kier molecular flexibility index (Phi) is 4.47. The lowest BCUT2D eigenvalue weighted by Crippen LogP contribution is -2.11. The van der Waals surface area contributed by atoms with Crippen molar-refractivity contribution in [2.24, 2.45) is 0 Å². The molecule has 0 fully saturated rings. The Bertz CT molecular complexity index is 588. The molecule has 1 N–H and O–H groups in total. The van der Waals surface area contributed by atoms with Crippen LogP contribution in [-0.2, 0) is 4.79 Å². The highest BCUT2D eigenvalue weighted by Gasteiger charge is 2.08. The van der Waals surface area contributed by atoms with E-state index in [-0.39, 0.29) is 17.1 Å². The number of benzene rings is 1. The van der Waals surface area contributed by atoms with Crippen molar-refractivity contribution >= 4 is 54.2 Å². The first-order chi connectivity index (χ1) is 8.60. The van der Waals surface area contributed by atoms with Gasteiger partial charge in [0.15, 0.2) is 5.13 Å². The second kappa shape index (κ2) is 5.90. The lowest BCUT2D eigenvalue weighted by atomic mass is 10.2. The third-order valence-corrected chi connectivity index (χ3v) is 3.96. The van der Waals surface area contributed by atoms with E-state index in [1.807, 2.05) is 5.38 Å². The molecule has 0 aliphatic carbocycles. The fourth-order valence-corrected chi connectivity index (χ4v) is 2.53. The van der Waals surface area contributed by atoms with Crippen molar-refractivity contribution in [1.82, 2.24) is 4.98 Å². The minimum absolute atomic E-state index is 0.156. The molecule has 1 amide bonds. The van der Waals surface area contributed by atoms with Gasteiger partial charge in [0.25, 0.3) is 0 Å². The van der Waals surface area contributed by atoms with E-state index in [9.17, 15) is 9.18 Å². The maximum Gasteiger partial charge on any atom is 0.236 e. The van der Waals surface area contributed by atoms with Gasteiger partial charge in [-0.15, -0.1) is 11.3 Å². The summed E-state index contributed by atoms with van der Waals surface area (Å²) in [5, 5.41) is 5.20. The molecule has 0 saturated heterocycles. The normalized spacial score (nSPS) is 10.4. The Morgan fingerprint density at radius 3 is 2.94 bits per heavy atom. The maximum absolute atomic E-state index is 13.1. The van der Waals surface area contributed by atoms with Gasteiger partial charge >= 0.3 is 0 Å². The van der Waals surface area contributed by atoms with Gasteiger partial charge in [0.05, 0.1) is 15.5 Å². The van der Waals surface area contributed by atoms with Crippen LogP contribution in [-0.4, -0.2) is 16.2 Å². The van der Waals surface area contributed by atoms with Gasteiger partial charge in [0.1, 0.15) is 5.82 Å². The number of thiazole rings is 1. The maximum atomic E-state index is 13.1. The summed E-state index contributed by atoms with van der Waals surface area (Å²) in [6, 6.07) is 4.67. The summed E-state index contributed by atoms with van der Waals surface area (Å²) in [5.41, 5.74) is 1.49. The standard InChI is InChI=1S/C11H7Br2FN2OS/c12-4-10(17)16-11-15-9(5-18-11)6-1-2-8(14)7(13)3-6/h1-3,5H,4H2,(H,15,16,17). The third kappa shape index (κ3) is 3.15. The van der Waals surface area contributed by atoms with Crippen molar-refractivity contribution in [3.63, 3.8) is 0 Å². The second-order valence-electron chi connectivity index (χ2n) is 3.35. The van der Waals surface area contributed by atoms with E-state index < -0.39 is 0 Å². The number of carbonyl (C=O) groups excluding carboxylic acids is 1. The van der Waals surface area contributed by atoms with Crippen LogP contribution in [0, 0.1) is 5.82 Å². The molecule has 7 heteroatoms. The number of hydrogen-bond acceptors (Lipinski definition) is 3. The van der Waals surface area contributed by atoms with Gasteiger partial charge in [0, 0.05) is 10.9 Å². The van der Waals surface area contributed by atoms with Crippen molar-refractivity contribution in [1.29, 1.82) is 0 Å². The minimum atomic E-state index is -0.318. The van der Waals surface area contributed by atoms with E-state index in [4.69, 9.17) is 0 Å². The number of nitrogens with one attached hydrogen (secondary N) is 1. The molecule has 0 aliphatic rings. The minimum Gasteiger partial charge on any atom is -0.301 e. The quantitative estimate of drug-likeness (QED) is 0.799. The van der Waals surface area contributed by atoms with Crippen molar-refractivity contribution in [2.45, 2.75) is 0 Å². The summed E-state index contributed by atoms with van der Waals surface area (Å²) < 4.78 is 13.5. The van der Waals surface area contributed by atoms with E-state index in [1.54, 1.807) is 12.1 Å². The predicted molar refractivity (Wildman–Crippen MR) is 77.6 cm³/mol. The molecule has 1 aromatic carbocycles. The second-order valence-corrected chi connectivity index (χ2v) is 5.62. The Labute approximate surface area is 124 Å². The Morgan fingerprint density at radius 2 is 2.28 bits per heavy atom. The van der Waals surface area contributed by atoms with Crippen LogP contribution in [0.5, 0.6) is 0 Å². The number of amides is 1. The molecule has 94 valence electrons. The number of anilines is 1. The molecule has 2 rings (SSSR count). The zero-order valence-electron chi connectivity index (χ0n) is 8.91. The summed E-state index contributed by atoms with van der Waals surface area (Å²) in [6.45, 7) is 0. The molecule has 0 unspecified atom stereocenters. The van der Waals surface area contributed by atoms with E-state index >= 15 is 0 Å². The van der Waals surface area contributed by atoms with Crippen LogP contribution in [0.25, 0.3) is 11.3 Å². The summed E-state index contributed by atoms with van der Waals surface area (Å²) in [6.07, 6.45) is 0. The third-order valence-electron chi connectivity index (χ3n) is 2.09. The van der Waals surface area contributed by atoms with E-state index in [1.165, 1.54) is 17.4 Å². The van der Waals surface area contributed by atoms with E-state index in [2.05, 4.69) is 42.2 Å². The average Bonchev–Trinajstić information content (AvgIpc) is 2.81. The summed E-state index contributed by atoms with van der Waals surface area (Å²) in [4.78, 5) is 15.4. The van der Waals surface area contributed by atoms with Gasteiger partial charge in [0.2, 0.25) is 5.91 Å². The van der Waals surface area contributed by atoms with Crippen molar-refractivity contribution in [2.75, 3.05) is 10.6 Å². The van der Waals surface area contributed by atoms with Crippen molar-refractivity contribution in [3.05, 3.63) is 33.9 Å². The zero-order chi connectivity index (χ0) is 13.1. The van der Waals surface area contributed by atoms with E-state index in [0.717, 1.165) is 5.56 Å². The molecular formula is C11H7Br2FN2OS. The van der Waals surface area contributed by atoms with Gasteiger partial charge in [-0.05, 0) is 34.1 Å². The number of aromatic nitrogens is 1. The molecule has 1 heterocycles. The summed E-state index contributed by atoms with van der Waals surface area (Å²) >= 11 is 7.51. The average molecular weight is 394 g/mol. The molecular weight excluding hydrogens is 387 g/mol. The van der Waals surface area contributed by atoms with Gasteiger partial charge in [-0.1, -0.05) is 15.9 Å². The molecule has 1 aromatic heterocycles. The molecule has 0 bridgehead atoms. The Morgan fingerprint density at radius 1 is 1.50 bits per heavy atom. The fourth-order valence-electron chi connectivity index (χ4n) is 1.27. The number of nitrogens with zero attached hydrogens (tertiary/aromatic N) is 1. The van der Waals surface area contributed by atoms with Crippen LogP contribution in [0.2, 0.25) is 0 Å². The van der Waals surface area contributed by atoms with Crippen LogP contribution in [0.3, 0.4) is 0 Å². The number of carbonyl (C=O) groups is 1. The molecule has 3 nitrogen and oxygen atoms in total. The lowest BCUT2D eigenvalue weighted by Gasteiger charge is -1.99. The van der Waals surface area contributed by atoms with Crippen LogP contribution in [0.4, 0.5) is 9.52 Å². The van der Waals surface area contributed by atoms with Gasteiger partial charge in [-0.2, -0.15) is 0 Å². The molecule has 0 radical (unpaired) electrons. The first kappa shape index (κ1) is 13.6. The van der Waals surface area contributed by atoms with Crippen LogP contribution in [0.1, 0.15) is 0 Å². The smallest absolute Gasteiger partial charge is 0.236 e. The van der Waals surface area contributed by atoms with Crippen LogP contribution < -0.4 is 5.32 Å². The largest absolute Gasteiger partial charge is 0.301 e. The van der Waals surface area contributed by atoms with E-state index in [0.29, 0.717) is 15.3 Å². The fraction of sp³-hybridized carbons (Fsp3) is 0.0909. The lowest BCUT2D eigenvalue weighted by molar-refractivity contribution is -0.113. The van der Waals surface area contributed by atoms with Crippen molar-refractivity contribution < 1.29 is 9.18 Å². The van der Waals surface area contributed by atoms with Crippen LogP contribution >= 0.6 is 43.2 Å². The number of halogens is 3. The number of hydrogen-bond donors (Lipinski definition) is 1. The Balaban J connectivity index is 2.23. The predicted octanol–water partition coefficient (Wildman–Crippen LogP) is 4.05. The molecule has 0 saturated carbocycles. The van der Waals surface area contributed by atoms with Crippen LogP contribution in [0.15, 0.2) is 28.1 Å². The first-order valence-electron chi connectivity index (χ1n) is 4.87. The monoisotopic (exact) mass is 392 g/mol. The van der Waals surface area contributed by atoms with Gasteiger partial charge < -0.3 is 5.32 Å². The zero-order valence-corrected chi connectivity index (χ0v) is 12.9. The summed E-state index contributed by atoms with van der Waals surface area (Å²) in [5.74, 6) is -0.474. The van der Waals surface area contributed by atoms with Crippen molar-refractivity contribution in [3.8, 4) is 11.3 Å². The molecule has 2 aromatic rings. The molecule has 0 atom stereocenters. The van der Waals surface area contributed by atoms with Gasteiger partial charge in [-0.3, -0.25) is 4.79 Å². The first-order valence-corrected chi connectivity index (χ1v) is 7.66. The number of rotatable bonds is 3. The topological polar surface area (TPSA) is 42.0 Å². The highest BCUT2D eigenvalue weighted by molar-refractivity contribution is 9.10. The molecule has 18 heavy (non-hydrogen) atoms. The highest BCUT2D eigenvalue weighted by atomic mass is 79.9. The van der Waals surface area contributed by atoms with Gasteiger partial charge in [-0.25, -0.2) is 9.37 Å². The molecule has 0 spiro atoms. The SMILES string of the molecule is O=C(CBr)Nc1nc(-c2ccc(F)c(Br)c2)cs1. The highest BCUT2D eigenvalue weighted by Crippen LogP contribution is 2.28.